The Labute approximate surface area is 98.5 Å². The smallest absolute Gasteiger partial charge is 0.161 e. The highest BCUT2D eigenvalue weighted by molar-refractivity contribution is 5.68. The molecule has 0 spiro atoms. The first kappa shape index (κ1) is 10.2. The van der Waals surface area contributed by atoms with Gasteiger partial charge in [-0.2, -0.15) is 5.10 Å². The Morgan fingerprint density at radius 1 is 1.24 bits per heavy atom. The van der Waals surface area contributed by atoms with Crippen LogP contribution in [0.3, 0.4) is 0 Å². The van der Waals surface area contributed by atoms with Crippen LogP contribution in [0.15, 0.2) is 24.4 Å². The van der Waals surface area contributed by atoms with Crippen molar-refractivity contribution in [2.75, 3.05) is 13.2 Å². The summed E-state index contributed by atoms with van der Waals surface area (Å²) in [6.45, 7) is 1.63. The maximum absolute atomic E-state index is 5.64. The number of nitrogens with zero attached hydrogens (tertiary/aromatic N) is 1. The molecule has 1 aliphatic rings. The number of ether oxygens (including phenoxy) is 2. The van der Waals surface area contributed by atoms with Crippen molar-refractivity contribution in [2.45, 2.75) is 6.54 Å². The zero-order valence-corrected chi connectivity index (χ0v) is 9.27. The standard InChI is InChI=1S/C12H13N3O2/c13-6-10-9(7-14-15-10)8-1-2-11-12(5-8)17-4-3-16-11/h1-2,5,7H,3-4,6,13H2,(H,14,15). The molecule has 0 radical (unpaired) electrons. The van der Waals surface area contributed by atoms with Gasteiger partial charge in [-0.1, -0.05) is 6.07 Å². The van der Waals surface area contributed by atoms with Crippen molar-refractivity contribution in [1.82, 2.24) is 10.2 Å². The number of aromatic nitrogens is 2. The zero-order chi connectivity index (χ0) is 11.7. The lowest BCUT2D eigenvalue weighted by Crippen LogP contribution is -2.15. The minimum absolute atomic E-state index is 0.434. The van der Waals surface area contributed by atoms with E-state index in [2.05, 4.69) is 10.2 Å². The number of benzene rings is 1. The third-order valence-electron chi connectivity index (χ3n) is 2.78. The number of H-pyrrole nitrogens is 1. The van der Waals surface area contributed by atoms with E-state index in [0.717, 1.165) is 28.3 Å². The number of fused-ring (bicyclic) bond motifs is 1. The second-order valence-corrected chi connectivity index (χ2v) is 3.82. The summed E-state index contributed by atoms with van der Waals surface area (Å²) in [6, 6.07) is 5.85. The summed E-state index contributed by atoms with van der Waals surface area (Å²) in [5.74, 6) is 1.57. The number of nitrogens with two attached hydrogens (primary N) is 1. The van der Waals surface area contributed by atoms with Crippen LogP contribution in [0.1, 0.15) is 5.69 Å². The van der Waals surface area contributed by atoms with E-state index in [-0.39, 0.29) is 0 Å². The third-order valence-corrected chi connectivity index (χ3v) is 2.78. The summed E-state index contributed by atoms with van der Waals surface area (Å²) in [6.07, 6.45) is 1.77. The van der Waals surface area contributed by atoms with E-state index in [1.54, 1.807) is 6.20 Å². The first-order valence-electron chi connectivity index (χ1n) is 5.51. The van der Waals surface area contributed by atoms with Gasteiger partial charge in [0.25, 0.3) is 0 Å². The average molecular weight is 231 g/mol. The van der Waals surface area contributed by atoms with Gasteiger partial charge in [0.05, 0.1) is 11.9 Å². The molecule has 1 aromatic heterocycles. The lowest BCUT2D eigenvalue weighted by molar-refractivity contribution is 0.171. The first-order chi connectivity index (χ1) is 8.38. The predicted octanol–water partition coefficient (Wildman–Crippen LogP) is 1.31. The molecule has 5 heteroatoms. The number of rotatable bonds is 2. The van der Waals surface area contributed by atoms with Crippen LogP contribution in [0.5, 0.6) is 11.5 Å². The highest BCUT2D eigenvalue weighted by atomic mass is 16.6. The summed E-state index contributed by atoms with van der Waals surface area (Å²) >= 11 is 0. The molecule has 3 N–H and O–H groups in total. The minimum Gasteiger partial charge on any atom is -0.486 e. The van der Waals surface area contributed by atoms with Crippen LogP contribution in [0.25, 0.3) is 11.1 Å². The van der Waals surface area contributed by atoms with Gasteiger partial charge in [-0.25, -0.2) is 0 Å². The summed E-state index contributed by atoms with van der Waals surface area (Å²) < 4.78 is 11.0. The van der Waals surface area contributed by atoms with E-state index >= 15 is 0 Å². The van der Waals surface area contributed by atoms with Gasteiger partial charge >= 0.3 is 0 Å². The van der Waals surface area contributed by atoms with Gasteiger partial charge < -0.3 is 15.2 Å². The van der Waals surface area contributed by atoms with E-state index < -0.39 is 0 Å². The fourth-order valence-corrected chi connectivity index (χ4v) is 1.93. The van der Waals surface area contributed by atoms with Crippen LogP contribution in [0.4, 0.5) is 0 Å². The summed E-state index contributed by atoms with van der Waals surface area (Å²) in [4.78, 5) is 0. The van der Waals surface area contributed by atoms with Crippen LogP contribution >= 0.6 is 0 Å². The quantitative estimate of drug-likeness (QED) is 0.817. The minimum atomic E-state index is 0.434. The average Bonchev–Trinajstić information content (AvgIpc) is 2.86. The summed E-state index contributed by atoms with van der Waals surface area (Å²) in [5, 5.41) is 6.89. The Kier molecular flexibility index (Phi) is 2.45. The van der Waals surface area contributed by atoms with Gasteiger partial charge in [-0.15, -0.1) is 0 Å². The van der Waals surface area contributed by atoms with Crippen molar-refractivity contribution in [3.05, 3.63) is 30.1 Å². The van der Waals surface area contributed by atoms with Gasteiger partial charge in [0, 0.05) is 12.1 Å². The molecule has 1 aromatic carbocycles. The normalized spacial score (nSPS) is 13.7. The highest BCUT2D eigenvalue weighted by Crippen LogP contribution is 2.34. The molecule has 0 saturated carbocycles. The molecule has 0 amide bonds. The molecule has 0 aliphatic carbocycles. The Balaban J connectivity index is 2.04. The molecule has 88 valence electrons. The molecule has 3 rings (SSSR count). The lowest BCUT2D eigenvalue weighted by Gasteiger charge is -2.18. The van der Waals surface area contributed by atoms with Crippen molar-refractivity contribution < 1.29 is 9.47 Å². The van der Waals surface area contributed by atoms with E-state index in [9.17, 15) is 0 Å². The molecular formula is C12H13N3O2. The second kappa shape index (κ2) is 4.10. The molecule has 17 heavy (non-hydrogen) atoms. The van der Waals surface area contributed by atoms with Crippen LogP contribution in [0.2, 0.25) is 0 Å². The van der Waals surface area contributed by atoms with E-state index in [4.69, 9.17) is 15.2 Å². The van der Waals surface area contributed by atoms with Gasteiger partial charge in [-0.05, 0) is 17.7 Å². The molecular weight excluding hydrogens is 218 g/mol. The number of hydrogen-bond donors (Lipinski definition) is 2. The van der Waals surface area contributed by atoms with Crippen molar-refractivity contribution in [3.63, 3.8) is 0 Å². The van der Waals surface area contributed by atoms with Gasteiger partial charge in [0.1, 0.15) is 13.2 Å². The largest absolute Gasteiger partial charge is 0.486 e. The summed E-state index contributed by atoms with van der Waals surface area (Å²) in [7, 11) is 0. The zero-order valence-electron chi connectivity index (χ0n) is 9.27. The maximum atomic E-state index is 5.64. The molecule has 5 nitrogen and oxygen atoms in total. The molecule has 0 atom stereocenters. The first-order valence-corrected chi connectivity index (χ1v) is 5.51. The number of aromatic amines is 1. The molecule has 0 fully saturated rings. The molecule has 0 unspecified atom stereocenters. The maximum Gasteiger partial charge on any atom is 0.161 e. The Bertz CT molecular complexity index is 536. The van der Waals surface area contributed by atoms with E-state index in [1.165, 1.54) is 0 Å². The van der Waals surface area contributed by atoms with Crippen LogP contribution in [0, 0.1) is 0 Å². The summed E-state index contributed by atoms with van der Waals surface area (Å²) in [5.41, 5.74) is 8.60. The highest BCUT2D eigenvalue weighted by Gasteiger charge is 2.14. The predicted molar refractivity (Wildman–Crippen MR) is 62.9 cm³/mol. The third kappa shape index (κ3) is 1.74. The Morgan fingerprint density at radius 2 is 2.06 bits per heavy atom. The second-order valence-electron chi connectivity index (χ2n) is 3.82. The molecule has 0 bridgehead atoms. The van der Waals surface area contributed by atoms with Crippen molar-refractivity contribution >= 4 is 0 Å². The van der Waals surface area contributed by atoms with Gasteiger partial charge in [-0.3, -0.25) is 5.10 Å². The molecule has 0 saturated heterocycles. The van der Waals surface area contributed by atoms with Crippen LogP contribution in [-0.2, 0) is 6.54 Å². The van der Waals surface area contributed by atoms with Gasteiger partial charge in [0.15, 0.2) is 11.5 Å². The molecule has 1 aliphatic heterocycles. The number of nitrogens with one attached hydrogen (secondary N) is 1. The van der Waals surface area contributed by atoms with Crippen molar-refractivity contribution in [2.24, 2.45) is 5.73 Å². The van der Waals surface area contributed by atoms with Crippen molar-refractivity contribution in [3.8, 4) is 22.6 Å². The topological polar surface area (TPSA) is 73.2 Å². The Morgan fingerprint density at radius 3 is 2.88 bits per heavy atom. The van der Waals surface area contributed by atoms with Crippen molar-refractivity contribution in [1.29, 1.82) is 0 Å². The number of hydrogen-bond acceptors (Lipinski definition) is 4. The lowest BCUT2D eigenvalue weighted by atomic mass is 10.1. The molecule has 2 aromatic rings. The fourth-order valence-electron chi connectivity index (χ4n) is 1.93. The van der Waals surface area contributed by atoms with E-state index in [0.29, 0.717) is 19.8 Å². The van der Waals surface area contributed by atoms with Crippen LogP contribution in [-0.4, -0.2) is 23.4 Å². The van der Waals surface area contributed by atoms with E-state index in [1.807, 2.05) is 18.2 Å². The SMILES string of the molecule is NCc1[nH]ncc1-c1ccc2c(c1)OCCO2. The monoisotopic (exact) mass is 231 g/mol. The Hall–Kier alpha value is -2.01. The fraction of sp³-hybridized carbons (Fsp3) is 0.250. The van der Waals surface area contributed by atoms with Gasteiger partial charge in [0.2, 0.25) is 0 Å². The molecule has 2 heterocycles. The van der Waals surface area contributed by atoms with Crippen LogP contribution < -0.4 is 15.2 Å².